The fourth-order valence-corrected chi connectivity index (χ4v) is 1.40. The Balaban J connectivity index is 2.41. The summed E-state index contributed by atoms with van der Waals surface area (Å²) in [7, 11) is 0. The van der Waals surface area contributed by atoms with Crippen LogP contribution in [-0.2, 0) is 11.3 Å². The summed E-state index contributed by atoms with van der Waals surface area (Å²) >= 11 is 0. The van der Waals surface area contributed by atoms with E-state index in [9.17, 15) is 0 Å². The topological polar surface area (TPSA) is 53.1 Å². The Kier molecular flexibility index (Phi) is 4.15. The number of ether oxygens (including phenoxy) is 1. The van der Waals surface area contributed by atoms with E-state index in [0.29, 0.717) is 12.5 Å². The number of aromatic nitrogens is 2. The lowest BCUT2D eigenvalue weighted by Gasteiger charge is -2.07. The highest BCUT2D eigenvalue weighted by atomic mass is 16.5. The standard InChI is InChI=1S/C11H21N3O/c1-8(2)7-15-6-5-14-10(4)11(12)9(3)13-14/h8H,5-7,12H2,1-4H3. The Morgan fingerprint density at radius 3 is 2.53 bits per heavy atom. The second kappa shape index (κ2) is 5.16. The SMILES string of the molecule is Cc1nn(CCOCC(C)C)c(C)c1N. The Bertz CT molecular complexity index is 318. The Morgan fingerprint density at radius 2 is 2.07 bits per heavy atom. The number of hydrogen-bond acceptors (Lipinski definition) is 3. The van der Waals surface area contributed by atoms with Crippen LogP contribution in [0.15, 0.2) is 0 Å². The van der Waals surface area contributed by atoms with E-state index >= 15 is 0 Å². The van der Waals surface area contributed by atoms with E-state index in [2.05, 4.69) is 18.9 Å². The highest BCUT2D eigenvalue weighted by Crippen LogP contribution is 2.14. The molecule has 1 aromatic rings. The molecule has 4 nitrogen and oxygen atoms in total. The van der Waals surface area contributed by atoms with Gasteiger partial charge in [-0.1, -0.05) is 13.8 Å². The Morgan fingerprint density at radius 1 is 1.40 bits per heavy atom. The van der Waals surface area contributed by atoms with Crippen molar-refractivity contribution in [1.29, 1.82) is 0 Å². The van der Waals surface area contributed by atoms with Crippen molar-refractivity contribution in [1.82, 2.24) is 9.78 Å². The number of aryl methyl sites for hydroxylation is 1. The summed E-state index contributed by atoms with van der Waals surface area (Å²) in [5, 5.41) is 4.34. The molecule has 4 heteroatoms. The smallest absolute Gasteiger partial charge is 0.0825 e. The second-order valence-corrected chi connectivity index (χ2v) is 4.28. The molecule has 0 aliphatic heterocycles. The Labute approximate surface area is 91.4 Å². The molecule has 0 aromatic carbocycles. The van der Waals surface area contributed by atoms with Crippen LogP contribution in [0.5, 0.6) is 0 Å². The summed E-state index contributed by atoms with van der Waals surface area (Å²) in [5.74, 6) is 0.579. The van der Waals surface area contributed by atoms with Crippen LogP contribution < -0.4 is 5.73 Å². The van der Waals surface area contributed by atoms with Gasteiger partial charge in [-0.05, 0) is 19.8 Å². The first-order valence-electron chi connectivity index (χ1n) is 5.39. The monoisotopic (exact) mass is 211 g/mol. The van der Waals surface area contributed by atoms with Gasteiger partial charge in [0.2, 0.25) is 0 Å². The van der Waals surface area contributed by atoms with E-state index < -0.39 is 0 Å². The fourth-order valence-electron chi connectivity index (χ4n) is 1.40. The molecule has 0 atom stereocenters. The summed E-state index contributed by atoms with van der Waals surface area (Å²) in [6.07, 6.45) is 0. The van der Waals surface area contributed by atoms with E-state index in [1.807, 2.05) is 18.5 Å². The van der Waals surface area contributed by atoms with Gasteiger partial charge in [0.1, 0.15) is 0 Å². The minimum Gasteiger partial charge on any atom is -0.396 e. The number of rotatable bonds is 5. The van der Waals surface area contributed by atoms with Crippen LogP contribution in [0.3, 0.4) is 0 Å². The molecule has 0 fully saturated rings. The van der Waals surface area contributed by atoms with Crippen LogP contribution in [0.2, 0.25) is 0 Å². The van der Waals surface area contributed by atoms with Crippen LogP contribution in [-0.4, -0.2) is 23.0 Å². The number of hydrogen-bond donors (Lipinski definition) is 1. The predicted molar refractivity (Wildman–Crippen MR) is 61.8 cm³/mol. The molecule has 0 aliphatic carbocycles. The van der Waals surface area contributed by atoms with Gasteiger partial charge in [0.05, 0.1) is 30.2 Å². The summed E-state index contributed by atoms with van der Waals surface area (Å²) in [6.45, 7) is 10.5. The largest absolute Gasteiger partial charge is 0.396 e. The maximum Gasteiger partial charge on any atom is 0.0825 e. The molecule has 15 heavy (non-hydrogen) atoms. The quantitative estimate of drug-likeness (QED) is 0.755. The average molecular weight is 211 g/mol. The molecule has 0 spiro atoms. The van der Waals surface area contributed by atoms with Gasteiger partial charge in [-0.25, -0.2) is 0 Å². The van der Waals surface area contributed by atoms with Crippen molar-refractivity contribution in [2.45, 2.75) is 34.2 Å². The van der Waals surface area contributed by atoms with Crippen LogP contribution in [0.25, 0.3) is 0 Å². The molecule has 2 N–H and O–H groups in total. The maximum atomic E-state index is 5.83. The third-order valence-corrected chi connectivity index (χ3v) is 2.34. The van der Waals surface area contributed by atoms with E-state index in [4.69, 9.17) is 10.5 Å². The molecule has 0 radical (unpaired) electrons. The van der Waals surface area contributed by atoms with Gasteiger partial charge in [0.25, 0.3) is 0 Å². The van der Waals surface area contributed by atoms with Gasteiger partial charge in [-0.2, -0.15) is 5.10 Å². The van der Waals surface area contributed by atoms with E-state index in [1.165, 1.54) is 0 Å². The average Bonchev–Trinajstić information content (AvgIpc) is 2.41. The molecule has 1 rings (SSSR count). The lowest BCUT2D eigenvalue weighted by atomic mass is 10.2. The van der Waals surface area contributed by atoms with Gasteiger partial charge >= 0.3 is 0 Å². The van der Waals surface area contributed by atoms with Crippen molar-refractivity contribution in [3.05, 3.63) is 11.4 Å². The molecule has 0 bridgehead atoms. The summed E-state index contributed by atoms with van der Waals surface area (Å²) in [5.41, 5.74) is 8.55. The minimum atomic E-state index is 0.579. The number of anilines is 1. The van der Waals surface area contributed by atoms with Gasteiger partial charge < -0.3 is 10.5 Å². The van der Waals surface area contributed by atoms with Gasteiger partial charge in [-0.3, -0.25) is 4.68 Å². The maximum absolute atomic E-state index is 5.83. The van der Waals surface area contributed by atoms with E-state index in [0.717, 1.165) is 30.2 Å². The Hall–Kier alpha value is -1.03. The summed E-state index contributed by atoms with van der Waals surface area (Å²) in [4.78, 5) is 0. The molecular weight excluding hydrogens is 190 g/mol. The van der Waals surface area contributed by atoms with E-state index in [-0.39, 0.29) is 0 Å². The van der Waals surface area contributed by atoms with Crippen molar-refractivity contribution < 1.29 is 4.74 Å². The third kappa shape index (κ3) is 3.23. The van der Waals surface area contributed by atoms with Gasteiger partial charge in [-0.15, -0.1) is 0 Å². The zero-order chi connectivity index (χ0) is 11.4. The van der Waals surface area contributed by atoms with Crippen molar-refractivity contribution in [3.63, 3.8) is 0 Å². The molecule has 1 heterocycles. The van der Waals surface area contributed by atoms with Crippen molar-refractivity contribution in [2.75, 3.05) is 18.9 Å². The number of nitrogens with zero attached hydrogens (tertiary/aromatic N) is 2. The van der Waals surface area contributed by atoms with Crippen LogP contribution in [0.4, 0.5) is 5.69 Å². The molecular formula is C11H21N3O. The number of nitrogens with two attached hydrogens (primary N) is 1. The van der Waals surface area contributed by atoms with Crippen LogP contribution >= 0.6 is 0 Å². The molecule has 1 aromatic heterocycles. The summed E-state index contributed by atoms with van der Waals surface area (Å²) < 4.78 is 7.41. The molecule has 86 valence electrons. The normalized spacial score (nSPS) is 11.3. The fraction of sp³-hybridized carbons (Fsp3) is 0.727. The first kappa shape index (κ1) is 12.0. The van der Waals surface area contributed by atoms with Crippen LogP contribution in [0.1, 0.15) is 25.2 Å². The lowest BCUT2D eigenvalue weighted by Crippen LogP contribution is -2.11. The minimum absolute atomic E-state index is 0.579. The van der Waals surface area contributed by atoms with Gasteiger partial charge in [0.15, 0.2) is 0 Å². The molecule has 0 aliphatic rings. The van der Waals surface area contributed by atoms with Crippen molar-refractivity contribution >= 4 is 5.69 Å². The summed E-state index contributed by atoms with van der Waals surface area (Å²) in [6, 6.07) is 0. The van der Waals surface area contributed by atoms with Crippen molar-refractivity contribution in [2.24, 2.45) is 5.92 Å². The third-order valence-electron chi connectivity index (χ3n) is 2.34. The first-order valence-corrected chi connectivity index (χ1v) is 5.39. The lowest BCUT2D eigenvalue weighted by molar-refractivity contribution is 0.101. The molecule has 0 amide bonds. The first-order chi connectivity index (χ1) is 7.02. The molecule has 0 saturated heterocycles. The second-order valence-electron chi connectivity index (χ2n) is 4.28. The predicted octanol–water partition coefficient (Wildman–Crippen LogP) is 1.75. The highest BCUT2D eigenvalue weighted by molar-refractivity contribution is 5.46. The zero-order valence-corrected chi connectivity index (χ0v) is 10.1. The van der Waals surface area contributed by atoms with Crippen molar-refractivity contribution in [3.8, 4) is 0 Å². The highest BCUT2D eigenvalue weighted by Gasteiger charge is 2.07. The van der Waals surface area contributed by atoms with Crippen LogP contribution in [0, 0.1) is 19.8 Å². The number of nitrogen functional groups attached to an aromatic ring is 1. The molecule has 0 saturated carbocycles. The zero-order valence-electron chi connectivity index (χ0n) is 10.1. The van der Waals surface area contributed by atoms with E-state index in [1.54, 1.807) is 0 Å². The van der Waals surface area contributed by atoms with Gasteiger partial charge in [0, 0.05) is 6.61 Å². The molecule has 0 unspecified atom stereocenters.